The predicted octanol–water partition coefficient (Wildman–Crippen LogP) is 3.41. The Kier molecular flexibility index (Phi) is 5.65. The van der Waals surface area contributed by atoms with E-state index in [0.29, 0.717) is 29.5 Å². The molecule has 0 spiro atoms. The standard InChI is InChI=1S/C22H22N6O2/c1-15(2)20-17(21(29)24-11-7-16-5-9-23-10-6-16)14-26-28(20)22-25-12-8-18(27-22)19-4-3-13-30-19/h3-6,8-10,12-15H,7,11H2,1-2H3,(H,24,29). The van der Waals surface area contributed by atoms with Gasteiger partial charge in [0.05, 0.1) is 23.7 Å². The zero-order valence-corrected chi connectivity index (χ0v) is 16.8. The van der Waals surface area contributed by atoms with E-state index >= 15 is 0 Å². The topological polar surface area (TPSA) is 98.7 Å². The van der Waals surface area contributed by atoms with E-state index in [9.17, 15) is 4.79 Å². The summed E-state index contributed by atoms with van der Waals surface area (Å²) in [7, 11) is 0. The van der Waals surface area contributed by atoms with Crippen LogP contribution in [0.15, 0.2) is 65.8 Å². The average molecular weight is 402 g/mol. The molecule has 1 amide bonds. The van der Waals surface area contributed by atoms with Gasteiger partial charge in [0.15, 0.2) is 5.76 Å². The fourth-order valence-electron chi connectivity index (χ4n) is 3.22. The van der Waals surface area contributed by atoms with Crippen molar-refractivity contribution in [1.82, 2.24) is 30.0 Å². The van der Waals surface area contributed by atoms with Crippen molar-refractivity contribution in [2.24, 2.45) is 0 Å². The summed E-state index contributed by atoms with van der Waals surface area (Å²) in [6.45, 7) is 4.55. The first kappa shape index (κ1) is 19.5. The Morgan fingerprint density at radius 1 is 1.17 bits per heavy atom. The normalized spacial score (nSPS) is 11.0. The van der Waals surface area contributed by atoms with Gasteiger partial charge in [0.1, 0.15) is 5.69 Å². The maximum Gasteiger partial charge on any atom is 0.254 e. The molecule has 8 nitrogen and oxygen atoms in total. The van der Waals surface area contributed by atoms with Crippen LogP contribution >= 0.6 is 0 Å². The van der Waals surface area contributed by atoms with Crippen LogP contribution in [0.1, 0.15) is 41.4 Å². The SMILES string of the molecule is CC(C)c1c(C(=O)NCCc2ccncc2)cnn1-c1nccc(-c2ccco2)n1. The molecule has 0 saturated carbocycles. The van der Waals surface area contributed by atoms with Crippen LogP contribution in [-0.4, -0.2) is 37.2 Å². The van der Waals surface area contributed by atoms with Gasteiger partial charge in [-0.3, -0.25) is 9.78 Å². The summed E-state index contributed by atoms with van der Waals surface area (Å²) in [5, 5.41) is 7.38. The molecular weight excluding hydrogens is 380 g/mol. The van der Waals surface area contributed by atoms with Crippen LogP contribution in [0.4, 0.5) is 0 Å². The molecule has 4 heterocycles. The molecular formula is C22H22N6O2. The molecule has 0 fully saturated rings. The van der Waals surface area contributed by atoms with E-state index in [-0.39, 0.29) is 11.8 Å². The maximum atomic E-state index is 12.8. The third-order valence-electron chi connectivity index (χ3n) is 4.65. The number of hydrogen-bond donors (Lipinski definition) is 1. The highest BCUT2D eigenvalue weighted by Crippen LogP contribution is 2.23. The Bertz CT molecular complexity index is 1120. The van der Waals surface area contributed by atoms with Crippen molar-refractivity contribution in [2.45, 2.75) is 26.2 Å². The smallest absolute Gasteiger partial charge is 0.254 e. The molecule has 0 aliphatic heterocycles. The second-order valence-electron chi connectivity index (χ2n) is 7.09. The zero-order valence-electron chi connectivity index (χ0n) is 16.8. The van der Waals surface area contributed by atoms with Crippen LogP contribution in [0.5, 0.6) is 0 Å². The van der Waals surface area contributed by atoms with Gasteiger partial charge in [-0.2, -0.15) is 5.10 Å². The van der Waals surface area contributed by atoms with Gasteiger partial charge in [0.25, 0.3) is 11.9 Å². The molecule has 0 unspecified atom stereocenters. The van der Waals surface area contributed by atoms with Crippen molar-refractivity contribution in [3.05, 3.63) is 78.2 Å². The van der Waals surface area contributed by atoms with Crippen LogP contribution < -0.4 is 5.32 Å². The molecule has 0 radical (unpaired) electrons. The molecule has 0 bridgehead atoms. The number of carbonyl (C=O) groups is 1. The molecule has 1 N–H and O–H groups in total. The summed E-state index contributed by atoms with van der Waals surface area (Å²) in [5.74, 6) is 0.917. The molecule has 30 heavy (non-hydrogen) atoms. The van der Waals surface area contributed by atoms with Crippen molar-refractivity contribution in [2.75, 3.05) is 6.54 Å². The highest BCUT2D eigenvalue weighted by Gasteiger charge is 2.22. The Balaban J connectivity index is 1.56. The average Bonchev–Trinajstić information content (AvgIpc) is 3.45. The third kappa shape index (κ3) is 4.12. The van der Waals surface area contributed by atoms with Gasteiger partial charge >= 0.3 is 0 Å². The fourth-order valence-corrected chi connectivity index (χ4v) is 3.22. The zero-order chi connectivity index (χ0) is 20.9. The van der Waals surface area contributed by atoms with Crippen molar-refractivity contribution in [3.63, 3.8) is 0 Å². The van der Waals surface area contributed by atoms with E-state index in [2.05, 4.69) is 25.4 Å². The summed E-state index contributed by atoms with van der Waals surface area (Å²) >= 11 is 0. The molecule has 0 saturated heterocycles. The minimum absolute atomic E-state index is 0.0457. The summed E-state index contributed by atoms with van der Waals surface area (Å²) in [6.07, 6.45) is 9.04. The van der Waals surface area contributed by atoms with Gasteiger partial charge in [-0.25, -0.2) is 14.6 Å². The first-order valence-corrected chi connectivity index (χ1v) is 9.76. The monoisotopic (exact) mass is 402 g/mol. The summed E-state index contributed by atoms with van der Waals surface area (Å²) in [4.78, 5) is 25.7. The van der Waals surface area contributed by atoms with Crippen molar-refractivity contribution in [3.8, 4) is 17.4 Å². The van der Waals surface area contributed by atoms with Crippen LogP contribution in [-0.2, 0) is 6.42 Å². The molecule has 4 aromatic heterocycles. The van der Waals surface area contributed by atoms with Crippen molar-refractivity contribution >= 4 is 5.91 Å². The fraction of sp³-hybridized carbons (Fsp3) is 0.227. The van der Waals surface area contributed by atoms with Crippen LogP contribution in [0.3, 0.4) is 0 Å². The number of amides is 1. The number of hydrogen-bond acceptors (Lipinski definition) is 6. The summed E-state index contributed by atoms with van der Waals surface area (Å²) < 4.78 is 7.04. The quantitative estimate of drug-likeness (QED) is 0.509. The van der Waals surface area contributed by atoms with E-state index in [1.54, 1.807) is 47.9 Å². The van der Waals surface area contributed by atoms with Gasteiger partial charge in [0.2, 0.25) is 0 Å². The van der Waals surface area contributed by atoms with E-state index in [0.717, 1.165) is 17.7 Å². The lowest BCUT2D eigenvalue weighted by molar-refractivity contribution is 0.0952. The van der Waals surface area contributed by atoms with Gasteiger partial charge in [-0.15, -0.1) is 0 Å². The molecule has 0 aromatic carbocycles. The summed E-state index contributed by atoms with van der Waals surface area (Å²) in [6, 6.07) is 9.28. The van der Waals surface area contributed by atoms with Gasteiger partial charge in [-0.05, 0) is 48.2 Å². The van der Waals surface area contributed by atoms with E-state index in [4.69, 9.17) is 4.42 Å². The molecule has 152 valence electrons. The minimum atomic E-state index is -0.166. The number of nitrogens with zero attached hydrogens (tertiary/aromatic N) is 5. The van der Waals surface area contributed by atoms with Gasteiger partial charge < -0.3 is 9.73 Å². The second kappa shape index (κ2) is 8.69. The Labute approximate surface area is 174 Å². The van der Waals surface area contributed by atoms with E-state index in [1.165, 1.54) is 0 Å². The van der Waals surface area contributed by atoms with E-state index < -0.39 is 0 Å². The predicted molar refractivity (Wildman–Crippen MR) is 111 cm³/mol. The van der Waals surface area contributed by atoms with Crippen molar-refractivity contribution in [1.29, 1.82) is 0 Å². The number of nitrogens with one attached hydrogen (secondary N) is 1. The lowest BCUT2D eigenvalue weighted by Gasteiger charge is -2.12. The van der Waals surface area contributed by atoms with E-state index in [1.807, 2.05) is 32.0 Å². The molecule has 0 aliphatic rings. The van der Waals surface area contributed by atoms with Crippen LogP contribution in [0.2, 0.25) is 0 Å². The van der Waals surface area contributed by atoms with Crippen molar-refractivity contribution < 1.29 is 9.21 Å². The number of rotatable bonds is 7. The first-order chi connectivity index (χ1) is 14.6. The molecule has 0 aliphatic carbocycles. The Hall–Kier alpha value is -3.81. The highest BCUT2D eigenvalue weighted by atomic mass is 16.3. The lowest BCUT2D eigenvalue weighted by Crippen LogP contribution is -2.26. The van der Waals surface area contributed by atoms with Crippen LogP contribution in [0, 0.1) is 0 Å². The minimum Gasteiger partial charge on any atom is -0.463 e. The summed E-state index contributed by atoms with van der Waals surface area (Å²) in [5.41, 5.74) is 3.05. The third-order valence-corrected chi connectivity index (χ3v) is 4.65. The second-order valence-corrected chi connectivity index (χ2v) is 7.09. The first-order valence-electron chi connectivity index (χ1n) is 9.76. The maximum absolute atomic E-state index is 12.8. The largest absolute Gasteiger partial charge is 0.463 e. The number of aromatic nitrogens is 5. The molecule has 4 aromatic rings. The molecule has 8 heteroatoms. The lowest BCUT2D eigenvalue weighted by atomic mass is 10.1. The van der Waals surface area contributed by atoms with Gasteiger partial charge in [-0.1, -0.05) is 13.8 Å². The highest BCUT2D eigenvalue weighted by molar-refractivity contribution is 5.95. The number of pyridine rings is 1. The number of furan rings is 1. The van der Waals surface area contributed by atoms with Crippen LogP contribution in [0.25, 0.3) is 17.4 Å². The number of carbonyl (C=O) groups excluding carboxylic acids is 1. The Morgan fingerprint density at radius 2 is 2.00 bits per heavy atom. The molecule has 0 atom stereocenters. The Morgan fingerprint density at radius 3 is 2.73 bits per heavy atom. The van der Waals surface area contributed by atoms with Gasteiger partial charge in [0, 0.05) is 25.1 Å². The molecule has 4 rings (SSSR count).